The minimum absolute atomic E-state index is 0.276. The molecule has 98 valence electrons. The van der Waals surface area contributed by atoms with Crippen LogP contribution in [-0.2, 0) is 0 Å². The molecule has 0 aromatic heterocycles. The van der Waals surface area contributed by atoms with E-state index in [9.17, 15) is 4.79 Å². The van der Waals surface area contributed by atoms with Gasteiger partial charge in [-0.1, -0.05) is 40.9 Å². The molecule has 0 heterocycles. The molecular weight excluding hydrogens is 307 g/mol. The molecule has 0 aliphatic carbocycles. The minimum atomic E-state index is -0.399. The third-order valence-electron chi connectivity index (χ3n) is 2.46. The van der Waals surface area contributed by atoms with Crippen molar-refractivity contribution in [2.24, 2.45) is 0 Å². The Morgan fingerprint density at radius 2 is 1.84 bits per heavy atom. The molecule has 3 N–H and O–H groups in total. The van der Waals surface area contributed by atoms with E-state index in [1.165, 1.54) is 6.07 Å². The average Bonchev–Trinajstić information content (AvgIpc) is 2.38. The van der Waals surface area contributed by atoms with Crippen molar-refractivity contribution in [2.45, 2.75) is 0 Å². The first-order chi connectivity index (χ1) is 8.99. The number of nitrogens with one attached hydrogen (secondary N) is 1. The van der Waals surface area contributed by atoms with Crippen LogP contribution in [0.5, 0.6) is 0 Å². The number of hydrogen-bond donors (Lipinski definition) is 2. The number of benzene rings is 2. The van der Waals surface area contributed by atoms with Crippen molar-refractivity contribution in [3.8, 4) is 0 Å². The molecule has 3 nitrogen and oxygen atoms in total. The number of carbonyl (C=O) groups is 1. The van der Waals surface area contributed by atoms with Gasteiger partial charge in [-0.2, -0.15) is 0 Å². The maximum Gasteiger partial charge on any atom is 0.257 e. The topological polar surface area (TPSA) is 55.1 Å². The second kappa shape index (κ2) is 5.70. The summed E-state index contributed by atoms with van der Waals surface area (Å²) in [5, 5.41) is 3.70. The Bertz CT molecular complexity index is 644. The molecule has 2 aromatic carbocycles. The van der Waals surface area contributed by atoms with E-state index in [0.717, 1.165) is 0 Å². The van der Waals surface area contributed by atoms with E-state index in [2.05, 4.69) is 5.32 Å². The standard InChI is InChI=1S/C13H9Cl3N2O/c14-7-4-5-10(17)8(6-7)13(19)18-11-3-1-2-9(15)12(11)16/h1-6H,17H2,(H,18,19). The second-order valence-corrected chi connectivity index (χ2v) is 5.01. The molecule has 1 amide bonds. The van der Waals surface area contributed by atoms with Crippen LogP contribution in [0.2, 0.25) is 15.1 Å². The zero-order valence-electron chi connectivity index (χ0n) is 9.58. The van der Waals surface area contributed by atoms with Gasteiger partial charge in [-0.15, -0.1) is 0 Å². The summed E-state index contributed by atoms with van der Waals surface area (Å²) in [4.78, 5) is 12.1. The van der Waals surface area contributed by atoms with Gasteiger partial charge >= 0.3 is 0 Å². The Morgan fingerprint density at radius 3 is 2.58 bits per heavy atom. The van der Waals surface area contributed by atoms with E-state index in [4.69, 9.17) is 40.5 Å². The fourth-order valence-electron chi connectivity index (χ4n) is 1.52. The van der Waals surface area contributed by atoms with Gasteiger partial charge in [0.1, 0.15) is 0 Å². The molecule has 0 radical (unpaired) electrons. The van der Waals surface area contributed by atoms with Crippen LogP contribution < -0.4 is 11.1 Å². The molecule has 6 heteroatoms. The summed E-state index contributed by atoms with van der Waals surface area (Å²) in [7, 11) is 0. The Balaban J connectivity index is 2.31. The monoisotopic (exact) mass is 314 g/mol. The average molecular weight is 316 g/mol. The molecule has 0 saturated heterocycles. The highest BCUT2D eigenvalue weighted by Crippen LogP contribution is 2.30. The van der Waals surface area contributed by atoms with E-state index >= 15 is 0 Å². The summed E-state index contributed by atoms with van der Waals surface area (Å²) in [6.45, 7) is 0. The van der Waals surface area contributed by atoms with Crippen molar-refractivity contribution >= 4 is 52.1 Å². The SMILES string of the molecule is Nc1ccc(Cl)cc1C(=O)Nc1cccc(Cl)c1Cl. The number of hydrogen-bond acceptors (Lipinski definition) is 2. The quantitative estimate of drug-likeness (QED) is 0.803. The van der Waals surface area contributed by atoms with Gasteiger partial charge in [0, 0.05) is 10.7 Å². The zero-order valence-corrected chi connectivity index (χ0v) is 11.9. The van der Waals surface area contributed by atoms with Crippen LogP contribution in [0, 0.1) is 0 Å². The minimum Gasteiger partial charge on any atom is -0.398 e. The lowest BCUT2D eigenvalue weighted by Gasteiger charge is -2.10. The van der Waals surface area contributed by atoms with Crippen LogP contribution in [0.1, 0.15) is 10.4 Å². The molecular formula is C13H9Cl3N2O. The Hall–Kier alpha value is -1.42. The first-order valence-electron chi connectivity index (χ1n) is 5.29. The smallest absolute Gasteiger partial charge is 0.257 e. The van der Waals surface area contributed by atoms with Crippen molar-refractivity contribution in [1.82, 2.24) is 0 Å². The third kappa shape index (κ3) is 3.13. The van der Waals surface area contributed by atoms with Crippen LogP contribution in [-0.4, -0.2) is 5.91 Å². The second-order valence-electron chi connectivity index (χ2n) is 3.79. The highest BCUT2D eigenvalue weighted by molar-refractivity contribution is 6.44. The maximum atomic E-state index is 12.1. The number of rotatable bonds is 2. The predicted molar refractivity (Wildman–Crippen MR) is 80.3 cm³/mol. The molecule has 0 aliphatic rings. The highest BCUT2D eigenvalue weighted by atomic mass is 35.5. The fraction of sp³-hybridized carbons (Fsp3) is 0. The number of anilines is 2. The summed E-state index contributed by atoms with van der Waals surface area (Å²) >= 11 is 17.7. The molecule has 0 saturated carbocycles. The van der Waals surface area contributed by atoms with Crippen LogP contribution in [0.15, 0.2) is 36.4 Å². The van der Waals surface area contributed by atoms with E-state index in [0.29, 0.717) is 21.4 Å². The number of carbonyl (C=O) groups excluding carboxylic acids is 1. The molecule has 0 fully saturated rings. The van der Waals surface area contributed by atoms with Crippen molar-refractivity contribution < 1.29 is 4.79 Å². The van der Waals surface area contributed by atoms with Gasteiger partial charge in [0.25, 0.3) is 5.91 Å². The Labute approximate surface area is 125 Å². The van der Waals surface area contributed by atoms with Gasteiger partial charge in [-0.3, -0.25) is 4.79 Å². The normalized spacial score (nSPS) is 10.3. The van der Waals surface area contributed by atoms with E-state index in [-0.39, 0.29) is 10.6 Å². The van der Waals surface area contributed by atoms with Gasteiger partial charge in [-0.05, 0) is 30.3 Å². The first kappa shape index (κ1) is 14.0. The highest BCUT2D eigenvalue weighted by Gasteiger charge is 2.13. The van der Waals surface area contributed by atoms with Crippen LogP contribution in [0.3, 0.4) is 0 Å². The molecule has 19 heavy (non-hydrogen) atoms. The van der Waals surface area contributed by atoms with Crippen LogP contribution >= 0.6 is 34.8 Å². The Kier molecular flexibility index (Phi) is 4.20. The molecule has 2 rings (SSSR count). The number of nitrogen functional groups attached to an aromatic ring is 1. The van der Waals surface area contributed by atoms with E-state index < -0.39 is 5.91 Å². The van der Waals surface area contributed by atoms with E-state index in [1.54, 1.807) is 30.3 Å². The van der Waals surface area contributed by atoms with Gasteiger partial charge in [0.15, 0.2) is 0 Å². The molecule has 0 unspecified atom stereocenters. The van der Waals surface area contributed by atoms with Gasteiger partial charge in [-0.25, -0.2) is 0 Å². The summed E-state index contributed by atoms with van der Waals surface area (Å²) in [6.07, 6.45) is 0. The largest absolute Gasteiger partial charge is 0.398 e. The first-order valence-corrected chi connectivity index (χ1v) is 6.43. The van der Waals surface area contributed by atoms with Crippen molar-refractivity contribution in [2.75, 3.05) is 11.1 Å². The van der Waals surface area contributed by atoms with Gasteiger partial charge < -0.3 is 11.1 Å². The zero-order chi connectivity index (χ0) is 14.0. The van der Waals surface area contributed by atoms with E-state index in [1.807, 2.05) is 0 Å². The fourth-order valence-corrected chi connectivity index (χ4v) is 2.04. The van der Waals surface area contributed by atoms with Gasteiger partial charge in [0.05, 0.1) is 21.3 Å². The number of amides is 1. The lowest BCUT2D eigenvalue weighted by Crippen LogP contribution is -2.14. The lowest BCUT2D eigenvalue weighted by atomic mass is 10.1. The number of nitrogens with two attached hydrogens (primary N) is 1. The molecule has 0 aliphatic heterocycles. The summed E-state index contributed by atoms with van der Waals surface area (Å²) in [5.74, 6) is -0.399. The third-order valence-corrected chi connectivity index (χ3v) is 3.51. The predicted octanol–water partition coefficient (Wildman–Crippen LogP) is 4.48. The molecule has 0 atom stereocenters. The van der Waals surface area contributed by atoms with Crippen LogP contribution in [0.25, 0.3) is 0 Å². The number of halogens is 3. The molecule has 2 aromatic rings. The Morgan fingerprint density at radius 1 is 1.11 bits per heavy atom. The molecule has 0 spiro atoms. The summed E-state index contributed by atoms with van der Waals surface area (Å²) in [6, 6.07) is 9.63. The van der Waals surface area contributed by atoms with Crippen molar-refractivity contribution in [1.29, 1.82) is 0 Å². The van der Waals surface area contributed by atoms with Crippen molar-refractivity contribution in [3.63, 3.8) is 0 Å². The summed E-state index contributed by atoms with van der Waals surface area (Å²) < 4.78 is 0. The van der Waals surface area contributed by atoms with Gasteiger partial charge in [0.2, 0.25) is 0 Å². The van der Waals surface area contributed by atoms with Crippen molar-refractivity contribution in [3.05, 3.63) is 57.0 Å². The van der Waals surface area contributed by atoms with Crippen LogP contribution in [0.4, 0.5) is 11.4 Å². The molecule has 0 bridgehead atoms. The maximum absolute atomic E-state index is 12.1. The summed E-state index contributed by atoms with van der Waals surface area (Å²) in [5.41, 5.74) is 6.76. The lowest BCUT2D eigenvalue weighted by molar-refractivity contribution is 0.102.